The quantitative estimate of drug-likeness (QED) is 0.332. The summed E-state index contributed by atoms with van der Waals surface area (Å²) in [5.41, 5.74) is 0.958. The zero-order valence-corrected chi connectivity index (χ0v) is 16.3. The van der Waals surface area contributed by atoms with Gasteiger partial charge in [0.2, 0.25) is 12.2 Å². The summed E-state index contributed by atoms with van der Waals surface area (Å²) in [5.74, 6) is -6.04. The van der Waals surface area contributed by atoms with Crippen molar-refractivity contribution < 1.29 is 49.1 Å². The van der Waals surface area contributed by atoms with Gasteiger partial charge in [0.05, 0.1) is 0 Å². The van der Waals surface area contributed by atoms with Gasteiger partial charge in [-0.1, -0.05) is 24.3 Å². The number of carbonyl (C=O) groups excluding carboxylic acids is 2. The third kappa shape index (κ3) is 7.34. The van der Waals surface area contributed by atoms with Crippen LogP contribution in [0.3, 0.4) is 0 Å². The predicted molar refractivity (Wildman–Crippen MR) is 109 cm³/mol. The number of carboxylic acids is 2. The molecule has 0 amide bonds. The molecule has 0 aromatic heterocycles. The normalized spacial score (nSPS) is 12.9. The first-order valence-electron chi connectivity index (χ1n) is 8.97. The number of aliphatic carboxylic acids is 2. The fraction of sp³-hybridized carbons (Fsp3) is 0.0909. The van der Waals surface area contributed by atoms with Gasteiger partial charge in [-0.25, -0.2) is 19.2 Å². The molecule has 2 aromatic rings. The van der Waals surface area contributed by atoms with Crippen LogP contribution in [-0.2, 0) is 28.7 Å². The first kappa shape index (κ1) is 23.7. The van der Waals surface area contributed by atoms with Crippen LogP contribution in [0.15, 0.2) is 60.7 Å². The fourth-order valence-electron chi connectivity index (χ4n) is 2.31. The van der Waals surface area contributed by atoms with Gasteiger partial charge in [-0.15, -0.1) is 0 Å². The number of benzene rings is 2. The van der Waals surface area contributed by atoms with Crippen molar-refractivity contribution in [1.82, 2.24) is 0 Å². The summed E-state index contributed by atoms with van der Waals surface area (Å²) in [6.45, 7) is 0. The summed E-state index contributed by atoms with van der Waals surface area (Å²) in [6.07, 6.45) is -0.404. The van der Waals surface area contributed by atoms with Crippen LogP contribution in [-0.4, -0.2) is 56.5 Å². The summed E-state index contributed by atoms with van der Waals surface area (Å²) >= 11 is 0. The number of hydrogen-bond donors (Lipinski definition) is 4. The summed E-state index contributed by atoms with van der Waals surface area (Å²) < 4.78 is 9.35. The number of ether oxygens (including phenoxy) is 2. The van der Waals surface area contributed by atoms with Gasteiger partial charge in [0.1, 0.15) is 11.5 Å². The number of rotatable bonds is 9. The highest BCUT2D eigenvalue weighted by atomic mass is 16.6. The lowest BCUT2D eigenvalue weighted by molar-refractivity contribution is -0.183. The third-order valence-electron chi connectivity index (χ3n) is 3.86. The van der Waals surface area contributed by atoms with Gasteiger partial charge >= 0.3 is 23.9 Å². The molecule has 10 nitrogen and oxygen atoms in total. The molecule has 0 radical (unpaired) electrons. The summed E-state index contributed by atoms with van der Waals surface area (Å²) in [4.78, 5) is 46.8. The van der Waals surface area contributed by atoms with Crippen molar-refractivity contribution in [2.24, 2.45) is 0 Å². The third-order valence-corrected chi connectivity index (χ3v) is 3.86. The molecule has 0 saturated heterocycles. The Morgan fingerprint density at radius 3 is 1.22 bits per heavy atom. The SMILES string of the molecule is O=C(C=Cc1ccc(O)cc1)O[C@@H](C(=O)O)[C@@H](OC(=O)C=Cc1ccc(O)cc1)C(=O)O. The minimum Gasteiger partial charge on any atom is -0.508 e. The Morgan fingerprint density at radius 2 is 0.938 bits per heavy atom. The predicted octanol–water partition coefficient (Wildman–Crippen LogP) is 1.82. The average molecular weight is 442 g/mol. The average Bonchev–Trinajstić information content (AvgIpc) is 2.75. The van der Waals surface area contributed by atoms with Gasteiger partial charge in [-0.2, -0.15) is 0 Å². The number of hydrogen-bond acceptors (Lipinski definition) is 8. The van der Waals surface area contributed by atoms with Crippen LogP contribution >= 0.6 is 0 Å². The first-order chi connectivity index (χ1) is 15.2. The Bertz CT molecular complexity index is 950. The molecule has 32 heavy (non-hydrogen) atoms. The second kappa shape index (κ2) is 11.0. The van der Waals surface area contributed by atoms with Crippen LogP contribution in [0.1, 0.15) is 11.1 Å². The lowest BCUT2D eigenvalue weighted by atomic mass is 10.2. The monoisotopic (exact) mass is 442 g/mol. The molecule has 0 saturated carbocycles. The van der Waals surface area contributed by atoms with E-state index in [-0.39, 0.29) is 11.5 Å². The van der Waals surface area contributed by atoms with E-state index in [1.54, 1.807) is 0 Å². The molecular formula is C22H18O10. The van der Waals surface area contributed by atoms with Crippen molar-refractivity contribution in [3.8, 4) is 11.5 Å². The Hall–Kier alpha value is -4.60. The van der Waals surface area contributed by atoms with Gasteiger partial charge in [-0.3, -0.25) is 0 Å². The number of phenolic OH excluding ortho intramolecular Hbond substituents is 2. The van der Waals surface area contributed by atoms with E-state index in [1.165, 1.54) is 60.7 Å². The molecule has 2 atom stereocenters. The van der Waals surface area contributed by atoms with E-state index in [2.05, 4.69) is 9.47 Å². The van der Waals surface area contributed by atoms with E-state index in [1.807, 2.05) is 0 Å². The van der Waals surface area contributed by atoms with Gasteiger partial charge in [0.25, 0.3) is 0 Å². The van der Waals surface area contributed by atoms with Gasteiger partial charge in [0, 0.05) is 12.2 Å². The molecule has 0 bridgehead atoms. The standard InChI is InChI=1S/C22H18O10/c23-15-7-1-13(2-8-15)5-11-17(25)31-19(21(27)28)20(22(29)30)32-18(26)12-6-14-3-9-16(24)10-4-14/h1-12,19-20,23-24H,(H,27,28)(H,29,30)/t19-,20-/m1/s1. The van der Waals surface area contributed by atoms with Crippen molar-refractivity contribution in [2.75, 3.05) is 0 Å². The van der Waals surface area contributed by atoms with Gasteiger partial charge in [-0.05, 0) is 47.5 Å². The van der Waals surface area contributed by atoms with E-state index in [0.29, 0.717) is 11.1 Å². The minimum atomic E-state index is -2.31. The van der Waals surface area contributed by atoms with E-state index in [4.69, 9.17) is 0 Å². The zero-order valence-electron chi connectivity index (χ0n) is 16.3. The Kier molecular flexibility index (Phi) is 8.12. The molecular weight excluding hydrogens is 424 g/mol. The molecule has 10 heteroatoms. The zero-order chi connectivity index (χ0) is 23.7. The molecule has 2 aromatic carbocycles. The molecule has 0 spiro atoms. The van der Waals surface area contributed by atoms with Crippen LogP contribution in [0.5, 0.6) is 11.5 Å². The highest BCUT2D eigenvalue weighted by Gasteiger charge is 2.40. The van der Waals surface area contributed by atoms with Crippen LogP contribution in [0, 0.1) is 0 Å². The maximum absolute atomic E-state index is 12.0. The maximum atomic E-state index is 12.0. The second-order valence-corrected chi connectivity index (χ2v) is 6.24. The Labute approximate surface area is 181 Å². The molecule has 0 aliphatic carbocycles. The molecule has 4 N–H and O–H groups in total. The summed E-state index contributed by atoms with van der Waals surface area (Å²) in [5, 5.41) is 37.0. The van der Waals surface area contributed by atoms with E-state index >= 15 is 0 Å². The lowest BCUT2D eigenvalue weighted by Gasteiger charge is -2.19. The molecule has 2 rings (SSSR count). The van der Waals surface area contributed by atoms with E-state index in [9.17, 15) is 39.6 Å². The van der Waals surface area contributed by atoms with Crippen molar-refractivity contribution in [2.45, 2.75) is 12.2 Å². The largest absolute Gasteiger partial charge is 0.508 e. The molecule has 0 fully saturated rings. The lowest BCUT2D eigenvalue weighted by Crippen LogP contribution is -2.45. The van der Waals surface area contributed by atoms with Crippen molar-refractivity contribution in [1.29, 1.82) is 0 Å². The summed E-state index contributed by atoms with van der Waals surface area (Å²) in [6, 6.07) is 11.3. The van der Waals surface area contributed by atoms with Crippen LogP contribution in [0.25, 0.3) is 12.2 Å². The number of carboxylic acid groups (broad SMARTS) is 2. The van der Waals surface area contributed by atoms with Gasteiger partial charge < -0.3 is 29.9 Å². The smallest absolute Gasteiger partial charge is 0.349 e. The topological polar surface area (TPSA) is 168 Å². The van der Waals surface area contributed by atoms with Gasteiger partial charge in [0.15, 0.2) is 0 Å². The number of phenols is 2. The van der Waals surface area contributed by atoms with E-state index in [0.717, 1.165) is 12.2 Å². The maximum Gasteiger partial charge on any atom is 0.349 e. The highest BCUT2D eigenvalue weighted by Crippen LogP contribution is 2.13. The molecule has 0 aliphatic rings. The van der Waals surface area contributed by atoms with E-state index < -0.39 is 36.1 Å². The molecule has 166 valence electrons. The highest BCUT2D eigenvalue weighted by molar-refractivity contribution is 5.93. The molecule has 0 unspecified atom stereocenters. The Morgan fingerprint density at radius 1 is 0.625 bits per heavy atom. The first-order valence-corrected chi connectivity index (χ1v) is 8.97. The second-order valence-electron chi connectivity index (χ2n) is 6.24. The van der Waals surface area contributed by atoms with Crippen LogP contribution in [0.4, 0.5) is 0 Å². The van der Waals surface area contributed by atoms with Crippen LogP contribution < -0.4 is 0 Å². The number of esters is 2. The van der Waals surface area contributed by atoms with Crippen LogP contribution in [0.2, 0.25) is 0 Å². The minimum absolute atomic E-state index is 0.00115. The molecule has 0 aliphatic heterocycles. The number of aromatic hydroxyl groups is 2. The van der Waals surface area contributed by atoms with Crippen molar-refractivity contribution in [3.63, 3.8) is 0 Å². The molecule has 0 heterocycles. The summed E-state index contributed by atoms with van der Waals surface area (Å²) in [7, 11) is 0. The number of carbonyl (C=O) groups is 4. The Balaban J connectivity index is 2.07. The van der Waals surface area contributed by atoms with Crippen molar-refractivity contribution in [3.05, 3.63) is 71.8 Å². The fourth-order valence-corrected chi connectivity index (χ4v) is 2.31. The van der Waals surface area contributed by atoms with Crippen molar-refractivity contribution >= 4 is 36.0 Å².